The summed E-state index contributed by atoms with van der Waals surface area (Å²) in [5, 5.41) is 10.0. The van der Waals surface area contributed by atoms with Crippen LogP contribution in [0, 0.1) is 0 Å². The number of nitrogens with zero attached hydrogens (tertiary/aromatic N) is 2. The van der Waals surface area contributed by atoms with E-state index in [2.05, 4.69) is 9.97 Å². The third-order valence-electron chi connectivity index (χ3n) is 2.45. The van der Waals surface area contributed by atoms with E-state index < -0.39 is 5.63 Å². The molecule has 6 heteroatoms. The lowest BCUT2D eigenvalue weighted by Gasteiger charge is -2.04. The zero-order valence-corrected chi connectivity index (χ0v) is 9.61. The van der Waals surface area contributed by atoms with E-state index >= 15 is 0 Å². The van der Waals surface area contributed by atoms with Gasteiger partial charge in [-0.3, -0.25) is 0 Å². The molecule has 2 heterocycles. The van der Waals surface area contributed by atoms with Crippen molar-refractivity contribution >= 4 is 11.0 Å². The first-order valence-electron chi connectivity index (χ1n) is 5.44. The maximum absolute atomic E-state index is 11.2. The summed E-state index contributed by atoms with van der Waals surface area (Å²) in [7, 11) is 0. The second kappa shape index (κ2) is 4.41. The normalized spacial score (nSPS) is 10.5. The summed E-state index contributed by atoms with van der Waals surface area (Å²) in [5.41, 5.74) is -0.392. The Morgan fingerprint density at radius 3 is 2.74 bits per heavy atom. The Kier molecular flexibility index (Phi) is 2.60. The highest BCUT2D eigenvalue weighted by Gasteiger charge is 2.07. The number of benzene rings is 1. The molecule has 0 saturated heterocycles. The first-order valence-corrected chi connectivity index (χ1v) is 5.44. The molecule has 3 aromatic rings. The summed E-state index contributed by atoms with van der Waals surface area (Å²) in [4.78, 5) is 19.0. The number of fused-ring (bicyclic) bond motifs is 1. The molecule has 6 nitrogen and oxygen atoms in total. The Hall–Kier alpha value is -2.89. The van der Waals surface area contributed by atoms with Crippen LogP contribution in [0.1, 0.15) is 0 Å². The van der Waals surface area contributed by atoms with Gasteiger partial charge in [-0.15, -0.1) is 0 Å². The minimum absolute atomic E-state index is 0.131. The highest BCUT2D eigenvalue weighted by molar-refractivity contribution is 5.83. The summed E-state index contributed by atoms with van der Waals surface area (Å²) in [6.45, 7) is 0. The molecule has 0 amide bonds. The SMILES string of the molecule is O=c1cc(O)c2ccc(Oc3ncccn3)cc2o1. The average Bonchev–Trinajstić information content (AvgIpc) is 2.39. The van der Waals surface area contributed by atoms with Gasteiger partial charge in [-0.05, 0) is 18.2 Å². The van der Waals surface area contributed by atoms with Crippen molar-refractivity contribution in [3.63, 3.8) is 0 Å². The first-order chi connectivity index (χ1) is 9.22. The van der Waals surface area contributed by atoms with Crippen molar-refractivity contribution in [2.24, 2.45) is 0 Å². The third kappa shape index (κ3) is 2.23. The lowest BCUT2D eigenvalue weighted by molar-refractivity contribution is 0.439. The van der Waals surface area contributed by atoms with Crippen molar-refractivity contribution < 1.29 is 14.3 Å². The molecule has 0 spiro atoms. The Morgan fingerprint density at radius 1 is 1.16 bits per heavy atom. The molecule has 0 atom stereocenters. The number of hydrogen-bond donors (Lipinski definition) is 1. The maximum Gasteiger partial charge on any atom is 0.339 e. The number of aromatic nitrogens is 2. The van der Waals surface area contributed by atoms with Crippen molar-refractivity contribution in [3.05, 3.63) is 53.1 Å². The topological polar surface area (TPSA) is 85.5 Å². The highest BCUT2D eigenvalue weighted by atomic mass is 16.5. The van der Waals surface area contributed by atoms with Gasteiger partial charge in [0, 0.05) is 18.5 Å². The standard InChI is InChI=1S/C13H8N2O4/c16-10-7-12(17)19-11-6-8(2-3-9(10)11)18-13-14-4-1-5-15-13/h1-7,16H. The fourth-order valence-corrected chi connectivity index (χ4v) is 1.63. The predicted octanol–water partition coefficient (Wildman–Crippen LogP) is 2.08. The summed E-state index contributed by atoms with van der Waals surface area (Å²) in [6.07, 6.45) is 3.10. The zero-order valence-electron chi connectivity index (χ0n) is 9.61. The van der Waals surface area contributed by atoms with E-state index in [-0.39, 0.29) is 17.3 Å². The molecule has 2 aromatic heterocycles. The zero-order chi connectivity index (χ0) is 13.2. The number of ether oxygens (including phenoxy) is 1. The van der Waals surface area contributed by atoms with Crippen molar-refractivity contribution in [1.82, 2.24) is 9.97 Å². The lowest BCUT2D eigenvalue weighted by atomic mass is 10.2. The highest BCUT2D eigenvalue weighted by Crippen LogP contribution is 2.27. The third-order valence-corrected chi connectivity index (χ3v) is 2.45. The lowest BCUT2D eigenvalue weighted by Crippen LogP contribution is -1.96. The van der Waals surface area contributed by atoms with Gasteiger partial charge >= 0.3 is 11.6 Å². The molecule has 0 bridgehead atoms. The van der Waals surface area contributed by atoms with Crippen LogP contribution in [0.5, 0.6) is 17.5 Å². The van der Waals surface area contributed by atoms with Crippen LogP contribution in [-0.2, 0) is 0 Å². The molecular weight excluding hydrogens is 248 g/mol. The molecule has 0 fully saturated rings. The molecule has 3 rings (SSSR count). The van der Waals surface area contributed by atoms with Crippen LogP contribution in [0.15, 0.2) is 51.9 Å². The van der Waals surface area contributed by atoms with Crippen LogP contribution in [-0.4, -0.2) is 15.1 Å². The summed E-state index contributed by atoms with van der Waals surface area (Å²) in [5.74, 6) is 0.279. The molecule has 19 heavy (non-hydrogen) atoms. The van der Waals surface area contributed by atoms with Crippen LogP contribution in [0.3, 0.4) is 0 Å². The van der Waals surface area contributed by atoms with Crippen LogP contribution in [0.25, 0.3) is 11.0 Å². The molecular formula is C13H8N2O4. The molecule has 0 radical (unpaired) electrons. The van der Waals surface area contributed by atoms with E-state index in [1.807, 2.05) is 0 Å². The van der Waals surface area contributed by atoms with Crippen LogP contribution < -0.4 is 10.4 Å². The average molecular weight is 256 g/mol. The Balaban J connectivity index is 2.05. The van der Waals surface area contributed by atoms with Gasteiger partial charge < -0.3 is 14.3 Å². The van der Waals surface area contributed by atoms with Crippen molar-refractivity contribution in [2.75, 3.05) is 0 Å². The number of rotatable bonds is 2. The van der Waals surface area contributed by atoms with E-state index in [0.717, 1.165) is 6.07 Å². The molecule has 0 aliphatic heterocycles. The van der Waals surface area contributed by atoms with E-state index in [1.165, 1.54) is 6.07 Å². The molecule has 0 aliphatic rings. The quantitative estimate of drug-likeness (QED) is 0.706. The largest absolute Gasteiger partial charge is 0.507 e. The smallest absolute Gasteiger partial charge is 0.339 e. The summed E-state index contributed by atoms with van der Waals surface area (Å²) >= 11 is 0. The van der Waals surface area contributed by atoms with Gasteiger partial charge in [0.05, 0.1) is 11.5 Å². The fraction of sp³-hybridized carbons (Fsp3) is 0. The van der Waals surface area contributed by atoms with Gasteiger partial charge in [0.25, 0.3) is 0 Å². The van der Waals surface area contributed by atoms with E-state index in [1.54, 1.807) is 30.6 Å². The van der Waals surface area contributed by atoms with Crippen molar-refractivity contribution in [1.29, 1.82) is 0 Å². The Bertz CT molecular complexity index is 784. The second-order valence-electron chi connectivity index (χ2n) is 3.74. The fourth-order valence-electron chi connectivity index (χ4n) is 1.63. The van der Waals surface area contributed by atoms with Gasteiger partial charge in [-0.2, -0.15) is 0 Å². The van der Waals surface area contributed by atoms with Gasteiger partial charge in [-0.1, -0.05) is 0 Å². The van der Waals surface area contributed by atoms with Gasteiger partial charge in [0.15, 0.2) is 0 Å². The van der Waals surface area contributed by atoms with Gasteiger partial charge in [0.1, 0.15) is 17.1 Å². The second-order valence-corrected chi connectivity index (χ2v) is 3.74. The molecule has 94 valence electrons. The van der Waals surface area contributed by atoms with Gasteiger partial charge in [0.2, 0.25) is 0 Å². The Labute approximate surface area is 106 Å². The van der Waals surface area contributed by atoms with E-state index in [4.69, 9.17) is 9.15 Å². The monoisotopic (exact) mass is 256 g/mol. The molecule has 1 aromatic carbocycles. The summed E-state index contributed by atoms with van der Waals surface area (Å²) in [6, 6.07) is 7.58. The first kappa shape index (κ1) is 11.2. The molecule has 0 unspecified atom stereocenters. The summed E-state index contributed by atoms with van der Waals surface area (Å²) < 4.78 is 10.4. The van der Waals surface area contributed by atoms with Crippen LogP contribution >= 0.6 is 0 Å². The molecule has 0 aliphatic carbocycles. The van der Waals surface area contributed by atoms with E-state index in [9.17, 15) is 9.90 Å². The minimum atomic E-state index is -0.627. The van der Waals surface area contributed by atoms with Gasteiger partial charge in [-0.25, -0.2) is 14.8 Å². The minimum Gasteiger partial charge on any atom is -0.507 e. The van der Waals surface area contributed by atoms with Crippen molar-refractivity contribution in [2.45, 2.75) is 0 Å². The van der Waals surface area contributed by atoms with E-state index in [0.29, 0.717) is 11.1 Å². The molecule has 0 saturated carbocycles. The Morgan fingerprint density at radius 2 is 1.95 bits per heavy atom. The molecule has 1 N–H and O–H groups in total. The van der Waals surface area contributed by atoms with Crippen LogP contribution in [0.2, 0.25) is 0 Å². The predicted molar refractivity (Wildman–Crippen MR) is 66.3 cm³/mol. The van der Waals surface area contributed by atoms with Crippen molar-refractivity contribution in [3.8, 4) is 17.5 Å². The van der Waals surface area contributed by atoms with Crippen LogP contribution in [0.4, 0.5) is 0 Å². The number of aromatic hydroxyl groups is 1. The number of hydrogen-bond acceptors (Lipinski definition) is 6. The maximum atomic E-state index is 11.2.